The first-order chi connectivity index (χ1) is 10.1. The SMILES string of the molecule is Cc1ccc(C(C)NC(=O)c2ccc3c(c2)CNC3)cc1.Cl. The normalized spacial score (nSPS) is 13.9. The first kappa shape index (κ1) is 16.5. The highest BCUT2D eigenvalue weighted by Crippen LogP contribution is 2.18. The van der Waals surface area contributed by atoms with Gasteiger partial charge >= 0.3 is 0 Å². The minimum absolute atomic E-state index is 0. The van der Waals surface area contributed by atoms with Gasteiger partial charge in [-0.2, -0.15) is 0 Å². The molecular formula is C18H21ClN2O. The smallest absolute Gasteiger partial charge is 0.251 e. The van der Waals surface area contributed by atoms with E-state index in [0.29, 0.717) is 0 Å². The summed E-state index contributed by atoms with van der Waals surface area (Å²) in [6.45, 7) is 5.82. The third-order valence-electron chi connectivity index (χ3n) is 4.02. The molecule has 1 heterocycles. The quantitative estimate of drug-likeness (QED) is 0.910. The average Bonchev–Trinajstić information content (AvgIpc) is 2.95. The van der Waals surface area contributed by atoms with E-state index in [9.17, 15) is 4.79 Å². The molecule has 2 aromatic carbocycles. The summed E-state index contributed by atoms with van der Waals surface area (Å²) in [6, 6.07) is 14.2. The molecule has 0 bridgehead atoms. The van der Waals surface area contributed by atoms with Crippen LogP contribution in [0.3, 0.4) is 0 Å². The van der Waals surface area contributed by atoms with Crippen molar-refractivity contribution in [2.45, 2.75) is 33.0 Å². The second-order valence-electron chi connectivity index (χ2n) is 5.69. The van der Waals surface area contributed by atoms with Gasteiger partial charge in [0.2, 0.25) is 0 Å². The van der Waals surface area contributed by atoms with E-state index in [-0.39, 0.29) is 24.4 Å². The monoisotopic (exact) mass is 316 g/mol. The molecule has 1 aliphatic rings. The minimum atomic E-state index is -0.0159. The maximum Gasteiger partial charge on any atom is 0.251 e. The summed E-state index contributed by atoms with van der Waals surface area (Å²) >= 11 is 0. The Morgan fingerprint density at radius 1 is 1.09 bits per heavy atom. The molecule has 0 spiro atoms. The maximum absolute atomic E-state index is 12.4. The van der Waals surface area contributed by atoms with Crippen LogP contribution in [0, 0.1) is 6.92 Å². The molecule has 1 unspecified atom stereocenters. The summed E-state index contributed by atoms with van der Waals surface area (Å²) in [5.74, 6) is -0.0159. The highest BCUT2D eigenvalue weighted by atomic mass is 35.5. The van der Waals surface area contributed by atoms with Gasteiger partial charge in [-0.1, -0.05) is 35.9 Å². The number of hydrogen-bond donors (Lipinski definition) is 2. The van der Waals surface area contributed by atoms with Gasteiger partial charge in [-0.15, -0.1) is 12.4 Å². The van der Waals surface area contributed by atoms with Gasteiger partial charge in [0.1, 0.15) is 0 Å². The van der Waals surface area contributed by atoms with Crippen molar-refractivity contribution < 1.29 is 4.79 Å². The Kier molecular flexibility index (Phi) is 5.22. The molecule has 1 amide bonds. The van der Waals surface area contributed by atoms with Crippen molar-refractivity contribution in [2.24, 2.45) is 0 Å². The van der Waals surface area contributed by atoms with Crippen molar-refractivity contribution in [3.63, 3.8) is 0 Å². The number of carbonyl (C=O) groups is 1. The molecule has 22 heavy (non-hydrogen) atoms. The molecule has 3 nitrogen and oxygen atoms in total. The minimum Gasteiger partial charge on any atom is -0.346 e. The molecule has 3 rings (SSSR count). The molecule has 1 atom stereocenters. The van der Waals surface area contributed by atoms with E-state index in [0.717, 1.165) is 24.2 Å². The van der Waals surface area contributed by atoms with Crippen molar-refractivity contribution in [1.82, 2.24) is 10.6 Å². The third-order valence-corrected chi connectivity index (χ3v) is 4.02. The van der Waals surface area contributed by atoms with Crippen molar-refractivity contribution in [3.8, 4) is 0 Å². The van der Waals surface area contributed by atoms with Crippen LogP contribution in [0.1, 0.15) is 45.6 Å². The molecule has 116 valence electrons. The number of benzene rings is 2. The lowest BCUT2D eigenvalue weighted by Crippen LogP contribution is -2.26. The van der Waals surface area contributed by atoms with Gasteiger partial charge in [0.15, 0.2) is 0 Å². The number of amides is 1. The molecule has 0 radical (unpaired) electrons. The van der Waals surface area contributed by atoms with E-state index < -0.39 is 0 Å². The zero-order valence-electron chi connectivity index (χ0n) is 12.8. The molecule has 4 heteroatoms. The molecule has 0 fully saturated rings. The van der Waals surface area contributed by atoms with Gasteiger partial charge < -0.3 is 10.6 Å². The summed E-state index contributed by atoms with van der Waals surface area (Å²) in [5, 5.41) is 6.36. The van der Waals surface area contributed by atoms with Crippen LogP contribution in [0.4, 0.5) is 0 Å². The summed E-state index contributed by atoms with van der Waals surface area (Å²) < 4.78 is 0. The molecular weight excluding hydrogens is 296 g/mol. The van der Waals surface area contributed by atoms with Crippen LogP contribution in [0.5, 0.6) is 0 Å². The van der Waals surface area contributed by atoms with Gasteiger partial charge in [0, 0.05) is 18.7 Å². The number of rotatable bonds is 3. The Hall–Kier alpha value is -1.84. The topological polar surface area (TPSA) is 41.1 Å². The lowest BCUT2D eigenvalue weighted by atomic mass is 10.0. The Balaban J connectivity index is 0.00000176. The Morgan fingerprint density at radius 3 is 2.50 bits per heavy atom. The summed E-state index contributed by atoms with van der Waals surface area (Å²) in [7, 11) is 0. The predicted octanol–water partition coefficient (Wildman–Crippen LogP) is 3.51. The van der Waals surface area contributed by atoms with Crippen molar-refractivity contribution >= 4 is 18.3 Å². The lowest BCUT2D eigenvalue weighted by Gasteiger charge is -2.15. The third kappa shape index (κ3) is 3.49. The van der Waals surface area contributed by atoms with Gasteiger partial charge in [-0.3, -0.25) is 4.79 Å². The standard InChI is InChI=1S/C18H20N2O.ClH/c1-12-3-5-14(6-4-12)13(2)20-18(21)15-7-8-16-10-19-11-17(16)9-15;/h3-9,13,19H,10-11H2,1-2H3,(H,20,21);1H. The highest BCUT2D eigenvalue weighted by Gasteiger charge is 2.15. The fourth-order valence-corrected chi connectivity index (χ4v) is 2.65. The van der Waals surface area contributed by atoms with Gasteiger partial charge in [-0.05, 0) is 42.7 Å². The van der Waals surface area contributed by atoms with E-state index in [4.69, 9.17) is 0 Å². The Bertz CT molecular complexity index is 667. The zero-order chi connectivity index (χ0) is 14.8. The number of hydrogen-bond acceptors (Lipinski definition) is 2. The van der Waals surface area contributed by atoms with E-state index in [1.165, 1.54) is 16.7 Å². The van der Waals surface area contributed by atoms with Crippen molar-refractivity contribution in [2.75, 3.05) is 0 Å². The number of halogens is 1. The average molecular weight is 317 g/mol. The van der Waals surface area contributed by atoms with Crippen LogP contribution in [-0.4, -0.2) is 5.91 Å². The first-order valence-corrected chi connectivity index (χ1v) is 7.33. The summed E-state index contributed by atoms with van der Waals surface area (Å²) in [4.78, 5) is 12.4. The van der Waals surface area contributed by atoms with Gasteiger partial charge in [-0.25, -0.2) is 0 Å². The molecule has 0 saturated carbocycles. The van der Waals surface area contributed by atoms with Gasteiger partial charge in [0.05, 0.1) is 6.04 Å². The fraction of sp³-hybridized carbons (Fsp3) is 0.278. The number of aryl methyl sites for hydroxylation is 1. The van der Waals surface area contributed by atoms with Crippen LogP contribution < -0.4 is 10.6 Å². The van der Waals surface area contributed by atoms with Crippen LogP contribution in [0.2, 0.25) is 0 Å². The Morgan fingerprint density at radius 2 is 1.77 bits per heavy atom. The molecule has 0 saturated heterocycles. The second kappa shape index (κ2) is 6.95. The number of nitrogens with one attached hydrogen (secondary N) is 2. The molecule has 1 aliphatic heterocycles. The lowest BCUT2D eigenvalue weighted by molar-refractivity contribution is 0.0940. The van der Waals surface area contributed by atoms with E-state index in [2.05, 4.69) is 41.8 Å². The van der Waals surface area contributed by atoms with E-state index in [1.54, 1.807) is 0 Å². The first-order valence-electron chi connectivity index (χ1n) is 7.33. The zero-order valence-corrected chi connectivity index (χ0v) is 13.7. The molecule has 0 aliphatic carbocycles. The van der Waals surface area contributed by atoms with Crippen LogP contribution in [0.25, 0.3) is 0 Å². The van der Waals surface area contributed by atoms with Crippen LogP contribution >= 0.6 is 12.4 Å². The summed E-state index contributed by atoms with van der Waals surface area (Å²) in [6.07, 6.45) is 0. The van der Waals surface area contributed by atoms with Gasteiger partial charge in [0.25, 0.3) is 5.91 Å². The summed E-state index contributed by atoms with van der Waals surface area (Å²) in [5.41, 5.74) is 5.60. The van der Waals surface area contributed by atoms with Crippen molar-refractivity contribution in [1.29, 1.82) is 0 Å². The van der Waals surface area contributed by atoms with E-state index in [1.807, 2.05) is 25.1 Å². The highest BCUT2D eigenvalue weighted by molar-refractivity contribution is 5.94. The predicted molar refractivity (Wildman–Crippen MR) is 91.3 cm³/mol. The largest absolute Gasteiger partial charge is 0.346 e. The molecule has 2 aromatic rings. The molecule has 0 aromatic heterocycles. The number of carbonyl (C=O) groups excluding carboxylic acids is 1. The fourth-order valence-electron chi connectivity index (χ4n) is 2.65. The Labute approximate surface area is 137 Å². The van der Waals surface area contributed by atoms with E-state index >= 15 is 0 Å². The van der Waals surface area contributed by atoms with Crippen LogP contribution in [0.15, 0.2) is 42.5 Å². The van der Waals surface area contributed by atoms with Crippen LogP contribution in [-0.2, 0) is 13.1 Å². The number of fused-ring (bicyclic) bond motifs is 1. The second-order valence-corrected chi connectivity index (χ2v) is 5.69. The molecule has 2 N–H and O–H groups in total. The van der Waals surface area contributed by atoms with Crippen molar-refractivity contribution in [3.05, 3.63) is 70.3 Å². The maximum atomic E-state index is 12.4.